The largest absolute Gasteiger partial charge is 0.573 e. The summed E-state index contributed by atoms with van der Waals surface area (Å²) >= 11 is 0. The predicted molar refractivity (Wildman–Crippen MR) is 134 cm³/mol. The van der Waals surface area contributed by atoms with E-state index in [1.54, 1.807) is 13.8 Å². The molecule has 13 heteroatoms. The molecule has 210 valence electrons. The van der Waals surface area contributed by atoms with Gasteiger partial charge in [0.05, 0.1) is 24.3 Å². The van der Waals surface area contributed by atoms with Crippen LogP contribution < -0.4 is 19.5 Å². The summed E-state index contributed by atoms with van der Waals surface area (Å²) in [5.41, 5.74) is 0.107. The lowest BCUT2D eigenvalue weighted by atomic mass is 9.84. The Morgan fingerprint density at radius 2 is 1.84 bits per heavy atom. The van der Waals surface area contributed by atoms with Crippen molar-refractivity contribution in [2.75, 3.05) is 29.9 Å². The van der Waals surface area contributed by atoms with Gasteiger partial charge in [0, 0.05) is 31.0 Å². The summed E-state index contributed by atoms with van der Waals surface area (Å²) in [4.78, 5) is 12.7. The molecule has 3 rings (SSSR count). The summed E-state index contributed by atoms with van der Waals surface area (Å²) in [5.74, 6) is -1.81. The highest BCUT2D eigenvalue weighted by molar-refractivity contribution is 7.92. The standard InChI is InChI=1S/C25H31F3N2O7S/c1-3-20(23(31)16-10-12-35-13-11-16)24(32)29-17-8-9-22(21(15-17)36-4-2)38(33,34)30-18-6-5-7-19(14-18)37-25(26,27)28/h5-9,14-16,20,23,30-31H,3-4,10-13H2,1-2H3,(H,29,32). The topological polar surface area (TPSA) is 123 Å². The maximum Gasteiger partial charge on any atom is 0.573 e. The molecule has 0 aliphatic carbocycles. The van der Waals surface area contributed by atoms with E-state index in [1.165, 1.54) is 30.3 Å². The number of sulfonamides is 1. The first-order valence-electron chi connectivity index (χ1n) is 12.2. The molecule has 2 unspecified atom stereocenters. The molecule has 1 heterocycles. The van der Waals surface area contributed by atoms with Gasteiger partial charge >= 0.3 is 6.36 Å². The number of aliphatic hydroxyl groups excluding tert-OH is 1. The Balaban J connectivity index is 1.79. The average Bonchev–Trinajstić information content (AvgIpc) is 2.84. The van der Waals surface area contributed by atoms with Gasteiger partial charge in [0.1, 0.15) is 16.4 Å². The second kappa shape index (κ2) is 12.7. The van der Waals surface area contributed by atoms with Crippen molar-refractivity contribution >= 4 is 27.3 Å². The molecule has 1 aliphatic heterocycles. The van der Waals surface area contributed by atoms with Gasteiger partial charge in [-0.2, -0.15) is 0 Å². The molecule has 2 aromatic rings. The number of ether oxygens (including phenoxy) is 3. The van der Waals surface area contributed by atoms with Crippen LogP contribution in [0, 0.1) is 11.8 Å². The van der Waals surface area contributed by atoms with E-state index < -0.39 is 40.1 Å². The van der Waals surface area contributed by atoms with Gasteiger partial charge in [-0.15, -0.1) is 13.2 Å². The number of rotatable bonds is 11. The van der Waals surface area contributed by atoms with Crippen LogP contribution in [-0.2, 0) is 19.6 Å². The van der Waals surface area contributed by atoms with Crippen LogP contribution in [0.5, 0.6) is 11.5 Å². The van der Waals surface area contributed by atoms with Gasteiger partial charge in [-0.3, -0.25) is 9.52 Å². The quantitative estimate of drug-likeness (QED) is 0.369. The van der Waals surface area contributed by atoms with Crippen molar-refractivity contribution in [2.24, 2.45) is 11.8 Å². The van der Waals surface area contributed by atoms with Gasteiger partial charge in [-0.1, -0.05) is 13.0 Å². The summed E-state index contributed by atoms with van der Waals surface area (Å²) < 4.78 is 80.6. The van der Waals surface area contributed by atoms with E-state index in [0.717, 1.165) is 12.1 Å². The minimum atomic E-state index is -4.93. The third-order valence-corrected chi connectivity index (χ3v) is 7.48. The van der Waals surface area contributed by atoms with Crippen LogP contribution in [0.3, 0.4) is 0 Å². The zero-order chi connectivity index (χ0) is 27.9. The van der Waals surface area contributed by atoms with Crippen LogP contribution >= 0.6 is 0 Å². The third kappa shape index (κ3) is 7.98. The van der Waals surface area contributed by atoms with E-state index in [4.69, 9.17) is 9.47 Å². The first-order valence-corrected chi connectivity index (χ1v) is 13.6. The highest BCUT2D eigenvalue weighted by Gasteiger charge is 2.33. The molecule has 1 fully saturated rings. The van der Waals surface area contributed by atoms with Crippen molar-refractivity contribution in [3.05, 3.63) is 42.5 Å². The smallest absolute Gasteiger partial charge is 0.492 e. The molecule has 3 N–H and O–H groups in total. The molecule has 0 radical (unpaired) electrons. The van der Waals surface area contributed by atoms with Gasteiger partial charge in [0.25, 0.3) is 10.0 Å². The number of carbonyl (C=O) groups excluding carboxylic acids is 1. The molecular weight excluding hydrogens is 529 g/mol. The average molecular weight is 561 g/mol. The van der Waals surface area contributed by atoms with E-state index >= 15 is 0 Å². The predicted octanol–water partition coefficient (Wildman–Crippen LogP) is 4.54. The normalized spacial score (nSPS) is 16.4. The number of hydrogen-bond acceptors (Lipinski definition) is 7. The number of carbonyl (C=O) groups is 1. The van der Waals surface area contributed by atoms with Crippen molar-refractivity contribution in [1.29, 1.82) is 0 Å². The Bertz CT molecular complexity index is 1200. The lowest BCUT2D eigenvalue weighted by Crippen LogP contribution is -2.39. The number of alkyl halides is 3. The number of benzene rings is 2. The molecule has 1 aliphatic rings. The first-order chi connectivity index (χ1) is 17.9. The van der Waals surface area contributed by atoms with Crippen LogP contribution in [0.15, 0.2) is 47.4 Å². The maximum atomic E-state index is 13.1. The first kappa shape index (κ1) is 29.5. The molecule has 2 atom stereocenters. The highest BCUT2D eigenvalue weighted by atomic mass is 32.2. The van der Waals surface area contributed by atoms with E-state index in [0.29, 0.717) is 32.5 Å². The number of aliphatic hydroxyl groups is 1. The zero-order valence-corrected chi connectivity index (χ0v) is 21.8. The molecule has 9 nitrogen and oxygen atoms in total. The van der Waals surface area contributed by atoms with Crippen LogP contribution in [-0.4, -0.2) is 51.7 Å². The molecule has 0 aromatic heterocycles. The van der Waals surface area contributed by atoms with Crippen LogP contribution in [0.1, 0.15) is 33.1 Å². The Hall–Kier alpha value is -3.03. The minimum Gasteiger partial charge on any atom is -0.492 e. The minimum absolute atomic E-state index is 0.0583. The molecular formula is C25H31F3N2O7S. The van der Waals surface area contributed by atoms with Crippen molar-refractivity contribution in [1.82, 2.24) is 0 Å². The number of anilines is 2. The van der Waals surface area contributed by atoms with E-state index in [1.807, 2.05) is 0 Å². The zero-order valence-electron chi connectivity index (χ0n) is 21.0. The van der Waals surface area contributed by atoms with Crippen molar-refractivity contribution in [3.8, 4) is 11.5 Å². The number of hydrogen-bond donors (Lipinski definition) is 3. The second-order valence-electron chi connectivity index (χ2n) is 8.72. The Kier molecular flexibility index (Phi) is 9.85. The van der Waals surface area contributed by atoms with Crippen molar-refractivity contribution < 1.29 is 45.7 Å². The van der Waals surface area contributed by atoms with Crippen LogP contribution in [0.4, 0.5) is 24.5 Å². The van der Waals surface area contributed by atoms with Gasteiger partial charge in [0.2, 0.25) is 5.91 Å². The molecule has 0 spiro atoms. The van der Waals surface area contributed by atoms with Crippen LogP contribution in [0.25, 0.3) is 0 Å². The van der Waals surface area contributed by atoms with E-state index in [2.05, 4.69) is 14.8 Å². The fourth-order valence-electron chi connectivity index (χ4n) is 4.25. The van der Waals surface area contributed by atoms with E-state index in [-0.39, 0.29) is 34.5 Å². The molecule has 1 saturated heterocycles. The van der Waals surface area contributed by atoms with Gasteiger partial charge in [-0.25, -0.2) is 8.42 Å². The van der Waals surface area contributed by atoms with Gasteiger partial charge < -0.3 is 24.6 Å². The molecule has 0 bridgehead atoms. The number of nitrogens with one attached hydrogen (secondary N) is 2. The number of halogens is 3. The fourth-order valence-corrected chi connectivity index (χ4v) is 5.42. The Morgan fingerprint density at radius 3 is 2.47 bits per heavy atom. The van der Waals surface area contributed by atoms with E-state index in [9.17, 15) is 31.5 Å². The molecule has 0 saturated carbocycles. The molecule has 1 amide bonds. The van der Waals surface area contributed by atoms with Gasteiger partial charge in [-0.05, 0) is 56.4 Å². The van der Waals surface area contributed by atoms with Crippen LogP contribution in [0.2, 0.25) is 0 Å². The monoisotopic (exact) mass is 560 g/mol. The van der Waals surface area contributed by atoms with Gasteiger partial charge in [0.15, 0.2) is 0 Å². The van der Waals surface area contributed by atoms with Crippen molar-refractivity contribution in [3.63, 3.8) is 0 Å². The summed E-state index contributed by atoms with van der Waals surface area (Å²) in [7, 11) is -4.30. The van der Waals surface area contributed by atoms with Crippen molar-refractivity contribution in [2.45, 2.75) is 50.5 Å². The molecule has 38 heavy (non-hydrogen) atoms. The number of amides is 1. The summed E-state index contributed by atoms with van der Waals surface area (Å²) in [6.45, 7) is 4.61. The lowest BCUT2D eigenvalue weighted by Gasteiger charge is -2.31. The third-order valence-electron chi connectivity index (χ3n) is 6.06. The maximum absolute atomic E-state index is 13.1. The Morgan fingerprint density at radius 1 is 1.13 bits per heavy atom. The highest BCUT2D eigenvalue weighted by Crippen LogP contribution is 2.32. The summed E-state index contributed by atoms with van der Waals surface area (Å²) in [6.07, 6.45) is -4.07. The molecule has 2 aromatic carbocycles. The SMILES string of the molecule is CCOc1cc(NC(=O)C(CC)C(O)C2CCOCC2)ccc1S(=O)(=O)Nc1cccc(OC(F)(F)F)c1. The second-order valence-corrected chi connectivity index (χ2v) is 10.4. The fraction of sp³-hybridized carbons (Fsp3) is 0.480. The Labute approximate surface area is 219 Å². The summed E-state index contributed by atoms with van der Waals surface area (Å²) in [5, 5.41) is 13.5. The lowest BCUT2D eigenvalue weighted by molar-refractivity contribution is -0.274. The summed E-state index contributed by atoms with van der Waals surface area (Å²) in [6, 6.07) is 8.34.